The SMILES string of the molecule is C(=C(\Cc1ccccc1)c1ccccc1)/c1ccc(OCCN2CCCC2)cc1. The molecular weight excluding hydrogens is 354 g/mol. The first-order chi connectivity index (χ1) is 14.4. The third-order valence-electron chi connectivity index (χ3n) is 5.48. The molecule has 148 valence electrons. The summed E-state index contributed by atoms with van der Waals surface area (Å²) in [5.41, 5.74) is 5.11. The maximum absolute atomic E-state index is 5.95. The van der Waals surface area contributed by atoms with Gasteiger partial charge in [-0.1, -0.05) is 78.9 Å². The van der Waals surface area contributed by atoms with E-state index in [1.165, 1.54) is 48.2 Å². The molecule has 0 bridgehead atoms. The highest BCUT2D eigenvalue weighted by molar-refractivity contribution is 5.82. The van der Waals surface area contributed by atoms with Crippen LogP contribution < -0.4 is 4.74 Å². The number of hydrogen-bond donors (Lipinski definition) is 0. The number of rotatable bonds is 8. The van der Waals surface area contributed by atoms with Gasteiger partial charge in [-0.3, -0.25) is 4.90 Å². The summed E-state index contributed by atoms with van der Waals surface area (Å²) in [6.45, 7) is 4.23. The van der Waals surface area contributed by atoms with Crippen molar-refractivity contribution in [3.05, 3.63) is 102 Å². The van der Waals surface area contributed by atoms with Crippen molar-refractivity contribution in [3.8, 4) is 5.75 Å². The van der Waals surface area contributed by atoms with Crippen LogP contribution in [0.3, 0.4) is 0 Å². The van der Waals surface area contributed by atoms with Crippen molar-refractivity contribution in [1.29, 1.82) is 0 Å². The molecular formula is C27H29NO. The summed E-state index contributed by atoms with van der Waals surface area (Å²) >= 11 is 0. The van der Waals surface area contributed by atoms with Gasteiger partial charge < -0.3 is 4.74 Å². The lowest BCUT2D eigenvalue weighted by molar-refractivity contribution is 0.238. The van der Waals surface area contributed by atoms with Crippen molar-refractivity contribution < 1.29 is 4.74 Å². The van der Waals surface area contributed by atoms with Crippen LogP contribution in [0.4, 0.5) is 0 Å². The van der Waals surface area contributed by atoms with Crippen molar-refractivity contribution in [1.82, 2.24) is 4.90 Å². The van der Waals surface area contributed by atoms with E-state index in [4.69, 9.17) is 4.74 Å². The van der Waals surface area contributed by atoms with Gasteiger partial charge >= 0.3 is 0 Å². The van der Waals surface area contributed by atoms with Crippen molar-refractivity contribution in [2.75, 3.05) is 26.2 Å². The van der Waals surface area contributed by atoms with E-state index in [2.05, 4.69) is 95.9 Å². The van der Waals surface area contributed by atoms with Crippen molar-refractivity contribution in [3.63, 3.8) is 0 Å². The Bertz CT molecular complexity index is 894. The molecule has 3 aromatic rings. The fraction of sp³-hybridized carbons (Fsp3) is 0.259. The van der Waals surface area contributed by atoms with Gasteiger partial charge in [0.05, 0.1) is 0 Å². The first-order valence-electron chi connectivity index (χ1n) is 10.6. The van der Waals surface area contributed by atoms with Gasteiger partial charge in [-0.25, -0.2) is 0 Å². The van der Waals surface area contributed by atoms with Crippen LogP contribution in [0.25, 0.3) is 11.6 Å². The fourth-order valence-corrected chi connectivity index (χ4v) is 3.86. The average Bonchev–Trinajstić information content (AvgIpc) is 3.29. The lowest BCUT2D eigenvalue weighted by Crippen LogP contribution is -2.25. The van der Waals surface area contributed by atoms with E-state index >= 15 is 0 Å². The maximum Gasteiger partial charge on any atom is 0.119 e. The summed E-state index contributed by atoms with van der Waals surface area (Å²) < 4.78 is 5.95. The first-order valence-corrected chi connectivity index (χ1v) is 10.6. The second-order valence-corrected chi connectivity index (χ2v) is 7.66. The number of ether oxygens (including phenoxy) is 1. The Balaban J connectivity index is 1.45. The maximum atomic E-state index is 5.95. The zero-order valence-corrected chi connectivity index (χ0v) is 17.0. The highest BCUT2D eigenvalue weighted by Crippen LogP contribution is 2.24. The average molecular weight is 384 g/mol. The van der Waals surface area contributed by atoms with Gasteiger partial charge in [0.15, 0.2) is 0 Å². The van der Waals surface area contributed by atoms with E-state index < -0.39 is 0 Å². The standard InChI is InChI=1S/C27H29NO/c1-3-9-23(10-4-1)21-26(25-11-5-2-6-12-25)22-24-13-15-27(16-14-24)29-20-19-28-17-7-8-18-28/h1-6,9-16,22H,7-8,17-21H2/b26-22-. The van der Waals surface area contributed by atoms with Crippen LogP contribution in [0, 0.1) is 0 Å². The fourth-order valence-electron chi connectivity index (χ4n) is 3.86. The van der Waals surface area contributed by atoms with Crippen LogP contribution in [0.15, 0.2) is 84.9 Å². The summed E-state index contributed by atoms with van der Waals surface area (Å²) in [6, 6.07) is 29.8. The third-order valence-corrected chi connectivity index (χ3v) is 5.48. The molecule has 3 aromatic carbocycles. The molecule has 4 rings (SSSR count). The second kappa shape index (κ2) is 10.1. The minimum Gasteiger partial charge on any atom is -0.492 e. The number of allylic oxidation sites excluding steroid dienone is 1. The smallest absolute Gasteiger partial charge is 0.119 e. The molecule has 1 saturated heterocycles. The molecule has 1 aliphatic heterocycles. The minimum atomic E-state index is 0.762. The normalized spacial score (nSPS) is 14.8. The Morgan fingerprint density at radius 2 is 1.45 bits per heavy atom. The van der Waals surface area contributed by atoms with Crippen LogP contribution >= 0.6 is 0 Å². The summed E-state index contributed by atoms with van der Waals surface area (Å²) in [4.78, 5) is 2.48. The van der Waals surface area contributed by atoms with Crippen molar-refractivity contribution in [2.24, 2.45) is 0 Å². The van der Waals surface area contributed by atoms with Gasteiger partial charge in [-0.05, 0) is 66.7 Å². The lowest BCUT2D eigenvalue weighted by Gasteiger charge is -2.15. The predicted octanol–water partition coefficient (Wildman–Crippen LogP) is 5.94. The molecule has 1 heterocycles. The third kappa shape index (κ3) is 5.82. The quantitative estimate of drug-likeness (QED) is 0.446. The zero-order valence-electron chi connectivity index (χ0n) is 17.0. The molecule has 2 nitrogen and oxygen atoms in total. The van der Waals surface area contributed by atoms with E-state index in [0.29, 0.717) is 0 Å². The molecule has 2 heteroatoms. The van der Waals surface area contributed by atoms with Crippen LogP contribution in [-0.4, -0.2) is 31.1 Å². The Kier molecular flexibility index (Phi) is 6.77. The predicted molar refractivity (Wildman–Crippen MR) is 122 cm³/mol. The molecule has 0 spiro atoms. The lowest BCUT2D eigenvalue weighted by atomic mass is 9.96. The largest absolute Gasteiger partial charge is 0.492 e. The number of hydrogen-bond acceptors (Lipinski definition) is 2. The van der Waals surface area contributed by atoms with Gasteiger partial charge in [0, 0.05) is 6.54 Å². The van der Waals surface area contributed by atoms with E-state index in [-0.39, 0.29) is 0 Å². The molecule has 0 unspecified atom stereocenters. The number of nitrogens with zero attached hydrogens (tertiary/aromatic N) is 1. The highest BCUT2D eigenvalue weighted by Gasteiger charge is 2.10. The molecule has 0 radical (unpaired) electrons. The number of benzene rings is 3. The van der Waals surface area contributed by atoms with Crippen LogP contribution in [0.2, 0.25) is 0 Å². The van der Waals surface area contributed by atoms with Gasteiger partial charge in [0.25, 0.3) is 0 Å². The molecule has 0 N–H and O–H groups in total. The van der Waals surface area contributed by atoms with E-state index in [1.807, 2.05) is 0 Å². The molecule has 0 aliphatic carbocycles. The molecule has 0 atom stereocenters. The Morgan fingerprint density at radius 3 is 2.14 bits per heavy atom. The molecule has 0 saturated carbocycles. The Hall–Kier alpha value is -2.84. The molecule has 1 aliphatic rings. The second-order valence-electron chi connectivity index (χ2n) is 7.66. The summed E-state index contributed by atoms with van der Waals surface area (Å²) in [5.74, 6) is 0.950. The minimum absolute atomic E-state index is 0.762. The van der Waals surface area contributed by atoms with Gasteiger partial charge in [-0.15, -0.1) is 0 Å². The van der Waals surface area contributed by atoms with E-state index in [1.54, 1.807) is 0 Å². The molecule has 0 amide bonds. The van der Waals surface area contributed by atoms with Gasteiger partial charge in [-0.2, -0.15) is 0 Å². The summed E-state index contributed by atoms with van der Waals surface area (Å²) in [6.07, 6.45) is 5.86. The first kappa shape index (κ1) is 19.5. The number of likely N-dealkylation sites (tertiary alicyclic amines) is 1. The molecule has 0 aromatic heterocycles. The summed E-state index contributed by atoms with van der Waals surface area (Å²) in [7, 11) is 0. The van der Waals surface area contributed by atoms with Crippen LogP contribution in [-0.2, 0) is 6.42 Å². The van der Waals surface area contributed by atoms with Gasteiger partial charge in [0.1, 0.15) is 12.4 Å². The van der Waals surface area contributed by atoms with Crippen molar-refractivity contribution in [2.45, 2.75) is 19.3 Å². The monoisotopic (exact) mass is 383 g/mol. The molecule has 1 fully saturated rings. The van der Waals surface area contributed by atoms with E-state index in [0.717, 1.165) is 25.3 Å². The van der Waals surface area contributed by atoms with Gasteiger partial charge in [0.2, 0.25) is 0 Å². The zero-order chi connectivity index (χ0) is 19.7. The summed E-state index contributed by atoms with van der Waals surface area (Å²) in [5, 5.41) is 0. The highest BCUT2D eigenvalue weighted by atomic mass is 16.5. The van der Waals surface area contributed by atoms with Crippen molar-refractivity contribution >= 4 is 11.6 Å². The van der Waals surface area contributed by atoms with E-state index in [9.17, 15) is 0 Å². The van der Waals surface area contributed by atoms with Crippen LogP contribution in [0.1, 0.15) is 29.5 Å². The van der Waals surface area contributed by atoms with Crippen LogP contribution in [0.5, 0.6) is 5.75 Å². The molecule has 29 heavy (non-hydrogen) atoms. The Labute approximate surface area is 174 Å². The topological polar surface area (TPSA) is 12.5 Å². The Morgan fingerprint density at radius 1 is 0.793 bits per heavy atom.